The molecule has 0 saturated carbocycles. The summed E-state index contributed by atoms with van der Waals surface area (Å²) in [7, 11) is -3.17. The lowest BCUT2D eigenvalue weighted by molar-refractivity contribution is -0.431. The van der Waals surface area contributed by atoms with Crippen molar-refractivity contribution in [1.82, 2.24) is 9.62 Å². The van der Waals surface area contributed by atoms with E-state index >= 15 is 0 Å². The van der Waals surface area contributed by atoms with Crippen LogP contribution in [-0.4, -0.2) is 44.8 Å². The number of fused-ring (bicyclic) bond motifs is 1. The largest absolute Gasteiger partial charge is 0.416 e. The number of hydrogen-bond donors (Lipinski definition) is 1. The summed E-state index contributed by atoms with van der Waals surface area (Å²) < 4.78 is 66.3. The molecule has 0 bridgehead atoms. The highest BCUT2D eigenvalue weighted by molar-refractivity contribution is 7.89. The molecule has 0 amide bonds. The van der Waals surface area contributed by atoms with Crippen molar-refractivity contribution in [3.8, 4) is 0 Å². The molecule has 0 saturated heterocycles. The SMILES string of the molecule is C[N+](=O)c1cc(C(F)(F)F)ccc1S(=O)(=O)NCCCN1CCc2ccccc2C1. The van der Waals surface area contributed by atoms with Crippen LogP contribution in [0.15, 0.2) is 47.4 Å². The quantitative estimate of drug-likeness (QED) is 0.527. The van der Waals surface area contributed by atoms with Gasteiger partial charge in [-0.2, -0.15) is 13.2 Å². The molecule has 1 heterocycles. The second-order valence-corrected chi connectivity index (χ2v) is 8.96. The smallest absolute Gasteiger partial charge is 0.299 e. The van der Waals surface area contributed by atoms with Crippen LogP contribution in [0.1, 0.15) is 23.1 Å². The maximum atomic E-state index is 12.9. The van der Waals surface area contributed by atoms with E-state index < -0.39 is 32.3 Å². The first-order chi connectivity index (χ1) is 14.1. The third kappa shape index (κ3) is 5.24. The fourth-order valence-corrected chi connectivity index (χ4v) is 4.78. The molecule has 30 heavy (non-hydrogen) atoms. The first-order valence-electron chi connectivity index (χ1n) is 9.49. The average molecular weight is 442 g/mol. The standard InChI is InChI=1S/C20H23F3N3O3S/c1-25(27)18-13-17(20(21,22)23)7-8-19(18)30(28,29)24-10-4-11-26-12-9-15-5-2-3-6-16(15)14-26/h2-3,5-8,13,24H,4,9-12,14H2,1H3/q+1. The summed E-state index contributed by atoms with van der Waals surface area (Å²) in [5.41, 5.74) is 0.956. The van der Waals surface area contributed by atoms with E-state index in [9.17, 15) is 26.5 Å². The van der Waals surface area contributed by atoms with E-state index in [1.54, 1.807) is 0 Å². The molecule has 0 aromatic heterocycles. The number of nitroso groups, excluding NO2 is 1. The van der Waals surface area contributed by atoms with Crippen molar-refractivity contribution in [2.75, 3.05) is 26.7 Å². The summed E-state index contributed by atoms with van der Waals surface area (Å²) >= 11 is 0. The highest BCUT2D eigenvalue weighted by Crippen LogP contribution is 2.34. The number of halogens is 3. The van der Waals surface area contributed by atoms with Crippen LogP contribution >= 0.6 is 0 Å². The number of sulfonamides is 1. The predicted molar refractivity (Wildman–Crippen MR) is 106 cm³/mol. The van der Waals surface area contributed by atoms with E-state index in [2.05, 4.69) is 21.8 Å². The van der Waals surface area contributed by atoms with E-state index in [1.807, 2.05) is 12.1 Å². The fraction of sp³-hybridized carbons (Fsp3) is 0.400. The molecule has 0 spiro atoms. The Morgan fingerprint density at radius 3 is 2.50 bits per heavy atom. The average Bonchev–Trinajstić information content (AvgIpc) is 2.70. The molecule has 162 valence electrons. The molecular formula is C20H23F3N3O3S+. The molecule has 2 aromatic rings. The van der Waals surface area contributed by atoms with E-state index in [1.165, 1.54) is 11.1 Å². The number of nitrogens with zero attached hydrogens (tertiary/aromatic N) is 2. The summed E-state index contributed by atoms with van der Waals surface area (Å²) in [5.74, 6) is 0. The van der Waals surface area contributed by atoms with Gasteiger partial charge in [0.15, 0.2) is 11.9 Å². The third-order valence-corrected chi connectivity index (χ3v) is 6.58. The number of benzene rings is 2. The second-order valence-electron chi connectivity index (χ2n) is 7.22. The number of rotatable bonds is 7. The van der Waals surface area contributed by atoms with Crippen molar-refractivity contribution >= 4 is 15.7 Å². The zero-order valence-corrected chi connectivity index (χ0v) is 17.3. The zero-order valence-electron chi connectivity index (χ0n) is 16.4. The van der Waals surface area contributed by atoms with Gasteiger partial charge in [0.25, 0.3) is 5.69 Å². The Hall–Kier alpha value is -2.30. The number of hydrogen-bond acceptors (Lipinski definition) is 4. The van der Waals surface area contributed by atoms with Gasteiger partial charge < -0.3 is 0 Å². The molecule has 1 N–H and O–H groups in total. The van der Waals surface area contributed by atoms with Gasteiger partial charge >= 0.3 is 6.18 Å². The van der Waals surface area contributed by atoms with Gasteiger partial charge in [0.1, 0.15) is 0 Å². The van der Waals surface area contributed by atoms with E-state index in [0.29, 0.717) is 25.1 Å². The molecule has 0 fully saturated rings. The van der Waals surface area contributed by atoms with Gasteiger partial charge in [0.05, 0.1) is 5.56 Å². The zero-order chi connectivity index (χ0) is 21.9. The molecule has 3 rings (SSSR count). The minimum Gasteiger partial charge on any atom is -0.299 e. The first-order valence-corrected chi connectivity index (χ1v) is 11.0. The molecule has 1 aliphatic rings. The van der Waals surface area contributed by atoms with Crippen LogP contribution in [0.2, 0.25) is 0 Å². The van der Waals surface area contributed by atoms with E-state index in [4.69, 9.17) is 0 Å². The van der Waals surface area contributed by atoms with Gasteiger partial charge in [-0.1, -0.05) is 24.3 Å². The topological polar surface area (TPSA) is 69.5 Å². The number of alkyl halides is 3. The first kappa shape index (κ1) is 22.4. The van der Waals surface area contributed by atoms with Crippen LogP contribution in [-0.2, 0) is 29.2 Å². The summed E-state index contributed by atoms with van der Waals surface area (Å²) in [4.78, 5) is 13.4. The Morgan fingerprint density at radius 1 is 1.13 bits per heavy atom. The van der Waals surface area contributed by atoms with Gasteiger partial charge in [-0.25, -0.2) is 13.1 Å². The van der Waals surface area contributed by atoms with Crippen LogP contribution in [0.4, 0.5) is 18.9 Å². The molecule has 0 unspecified atom stereocenters. The van der Waals surface area contributed by atoms with Crippen LogP contribution in [0, 0.1) is 4.91 Å². The van der Waals surface area contributed by atoms with Gasteiger partial charge in [-0.3, -0.25) is 4.90 Å². The molecule has 0 atom stereocenters. The Kier molecular flexibility index (Phi) is 6.59. The normalized spacial score (nSPS) is 15.1. The summed E-state index contributed by atoms with van der Waals surface area (Å²) in [6.45, 7) is 2.47. The van der Waals surface area contributed by atoms with Gasteiger partial charge in [0.2, 0.25) is 10.0 Å². The lowest BCUT2D eigenvalue weighted by Crippen LogP contribution is -2.33. The Labute approximate surface area is 173 Å². The summed E-state index contributed by atoms with van der Waals surface area (Å²) in [6, 6.07) is 10.2. The lowest BCUT2D eigenvalue weighted by Gasteiger charge is -2.28. The predicted octanol–water partition coefficient (Wildman–Crippen LogP) is 3.47. The molecule has 1 aliphatic heterocycles. The minimum atomic E-state index is -4.67. The molecule has 0 radical (unpaired) electrons. The van der Waals surface area contributed by atoms with Crippen molar-refractivity contribution < 1.29 is 26.3 Å². The highest BCUT2D eigenvalue weighted by atomic mass is 32.2. The molecule has 6 nitrogen and oxygen atoms in total. The maximum absolute atomic E-state index is 12.9. The molecule has 10 heteroatoms. The molecule has 0 aliphatic carbocycles. The van der Waals surface area contributed by atoms with Crippen molar-refractivity contribution in [2.24, 2.45) is 0 Å². The van der Waals surface area contributed by atoms with Crippen LogP contribution in [0.3, 0.4) is 0 Å². The van der Waals surface area contributed by atoms with E-state index in [0.717, 1.165) is 32.6 Å². The van der Waals surface area contributed by atoms with Gasteiger partial charge in [-0.05, 0) is 42.6 Å². The van der Waals surface area contributed by atoms with E-state index in [-0.39, 0.29) is 11.3 Å². The van der Waals surface area contributed by atoms with Crippen molar-refractivity contribution in [3.05, 3.63) is 64.1 Å². The van der Waals surface area contributed by atoms with Crippen molar-refractivity contribution in [3.63, 3.8) is 0 Å². The Balaban J connectivity index is 1.61. The number of nitrogens with one attached hydrogen (secondary N) is 1. The van der Waals surface area contributed by atoms with Crippen LogP contribution < -0.4 is 4.72 Å². The van der Waals surface area contributed by atoms with Crippen molar-refractivity contribution in [1.29, 1.82) is 0 Å². The summed E-state index contributed by atoms with van der Waals surface area (Å²) in [5, 5.41) is 0. The van der Waals surface area contributed by atoms with Crippen molar-refractivity contribution in [2.45, 2.75) is 30.5 Å². The Morgan fingerprint density at radius 2 is 1.83 bits per heavy atom. The Bertz CT molecular complexity index is 1040. The highest BCUT2D eigenvalue weighted by Gasteiger charge is 2.35. The monoisotopic (exact) mass is 442 g/mol. The lowest BCUT2D eigenvalue weighted by atomic mass is 10.00. The van der Waals surface area contributed by atoms with Gasteiger partial charge in [0, 0.05) is 35.4 Å². The molecular weight excluding hydrogens is 419 g/mol. The third-order valence-electron chi connectivity index (χ3n) is 5.07. The van der Waals surface area contributed by atoms with Crippen LogP contribution in [0.25, 0.3) is 0 Å². The molecule has 2 aromatic carbocycles. The van der Waals surface area contributed by atoms with Crippen LogP contribution in [0.5, 0.6) is 0 Å². The van der Waals surface area contributed by atoms with Gasteiger partial charge in [-0.15, -0.1) is 0 Å². The maximum Gasteiger partial charge on any atom is 0.416 e. The summed E-state index contributed by atoms with van der Waals surface area (Å²) in [6.07, 6.45) is -3.20. The second kappa shape index (κ2) is 8.83. The fourth-order valence-electron chi connectivity index (χ4n) is 3.50. The minimum absolute atomic E-state index is 0.115.